The first-order valence-electron chi connectivity index (χ1n) is 4.14. The summed E-state index contributed by atoms with van der Waals surface area (Å²) in [7, 11) is 0. The Morgan fingerprint density at radius 1 is 1.00 bits per heavy atom. The SMILES string of the molecule is CC#N.CC(C)O.c1ccccc1. The summed E-state index contributed by atoms with van der Waals surface area (Å²) < 4.78 is 0. The van der Waals surface area contributed by atoms with E-state index in [0.717, 1.165) is 0 Å². The van der Waals surface area contributed by atoms with Crippen LogP contribution in [-0.2, 0) is 0 Å². The van der Waals surface area contributed by atoms with Crippen molar-refractivity contribution in [3.8, 4) is 6.07 Å². The van der Waals surface area contributed by atoms with Crippen LogP contribution in [0.25, 0.3) is 0 Å². The lowest BCUT2D eigenvalue weighted by Crippen LogP contribution is -1.85. The van der Waals surface area contributed by atoms with Crippen molar-refractivity contribution in [1.82, 2.24) is 0 Å². The fourth-order valence-corrected chi connectivity index (χ4v) is 0.385. The summed E-state index contributed by atoms with van der Waals surface area (Å²) in [5.74, 6) is 0. The van der Waals surface area contributed by atoms with E-state index in [1.807, 2.05) is 36.4 Å². The minimum atomic E-state index is -0.167. The molecule has 0 radical (unpaired) electrons. The van der Waals surface area contributed by atoms with Crippen molar-refractivity contribution >= 4 is 0 Å². The van der Waals surface area contributed by atoms with Crippen molar-refractivity contribution in [2.75, 3.05) is 0 Å². The number of aliphatic hydroxyl groups is 1. The Hall–Kier alpha value is -1.33. The molecule has 0 heterocycles. The summed E-state index contributed by atoms with van der Waals surface area (Å²) in [6, 6.07) is 13.8. The smallest absolute Gasteiger partial charge is 0.0587 e. The normalized spacial score (nSPS) is 7.08. The van der Waals surface area contributed by atoms with E-state index < -0.39 is 0 Å². The third-order valence-electron chi connectivity index (χ3n) is 0.667. The van der Waals surface area contributed by atoms with E-state index in [1.54, 1.807) is 19.9 Å². The lowest BCUT2D eigenvalue weighted by Gasteiger charge is -1.80. The van der Waals surface area contributed by atoms with Gasteiger partial charge in [0.15, 0.2) is 0 Å². The average molecular weight is 179 g/mol. The number of aliphatic hydroxyl groups excluding tert-OH is 1. The molecule has 0 fully saturated rings. The maximum absolute atomic E-state index is 8.06. The molecule has 0 aliphatic rings. The molecule has 1 N–H and O–H groups in total. The molecule has 2 nitrogen and oxygen atoms in total. The van der Waals surface area contributed by atoms with Gasteiger partial charge in [-0.15, -0.1) is 0 Å². The monoisotopic (exact) mass is 179 g/mol. The highest BCUT2D eigenvalue weighted by atomic mass is 16.3. The summed E-state index contributed by atoms with van der Waals surface area (Å²) in [5.41, 5.74) is 0. The highest BCUT2D eigenvalue weighted by Crippen LogP contribution is 1.79. The van der Waals surface area contributed by atoms with Crippen LogP contribution in [-0.4, -0.2) is 11.2 Å². The van der Waals surface area contributed by atoms with Gasteiger partial charge in [0.25, 0.3) is 0 Å². The van der Waals surface area contributed by atoms with Gasteiger partial charge in [-0.3, -0.25) is 0 Å². The number of benzene rings is 1. The van der Waals surface area contributed by atoms with Gasteiger partial charge < -0.3 is 5.11 Å². The van der Waals surface area contributed by atoms with Gasteiger partial charge in [-0.1, -0.05) is 36.4 Å². The van der Waals surface area contributed by atoms with Gasteiger partial charge in [-0.2, -0.15) is 5.26 Å². The standard InChI is InChI=1S/C6H6.C3H8O.C2H3N/c1-2-4-6-5-3-1;1-3(2)4;1-2-3/h1-6H;3-4H,1-2H3;1H3. The molecule has 0 saturated heterocycles. The van der Waals surface area contributed by atoms with E-state index in [0.29, 0.717) is 0 Å². The number of hydrogen-bond donors (Lipinski definition) is 1. The lowest BCUT2D eigenvalue weighted by atomic mass is 10.4. The maximum atomic E-state index is 8.06. The van der Waals surface area contributed by atoms with Crippen LogP contribution in [0.3, 0.4) is 0 Å². The Kier molecular flexibility index (Phi) is 14.5. The van der Waals surface area contributed by atoms with Crippen LogP contribution >= 0.6 is 0 Å². The first-order chi connectivity index (χ1) is 6.15. The predicted molar refractivity (Wildman–Crippen MR) is 55.1 cm³/mol. The molecule has 0 spiro atoms. The van der Waals surface area contributed by atoms with Gasteiger partial charge in [-0.05, 0) is 13.8 Å². The zero-order valence-corrected chi connectivity index (χ0v) is 8.44. The molecule has 2 heteroatoms. The van der Waals surface area contributed by atoms with Crippen LogP contribution in [0.2, 0.25) is 0 Å². The van der Waals surface area contributed by atoms with E-state index in [1.165, 1.54) is 6.92 Å². The van der Waals surface area contributed by atoms with Crippen LogP contribution in [0.15, 0.2) is 36.4 Å². The second-order valence-electron chi connectivity index (χ2n) is 2.47. The second-order valence-corrected chi connectivity index (χ2v) is 2.47. The molecule has 0 aromatic heterocycles. The molecule has 1 rings (SSSR count). The number of nitrogens with zero attached hydrogens (tertiary/aromatic N) is 1. The third-order valence-corrected chi connectivity index (χ3v) is 0.667. The summed E-state index contributed by atoms with van der Waals surface area (Å²) in [5, 5.41) is 15.4. The van der Waals surface area contributed by atoms with Gasteiger partial charge in [0.1, 0.15) is 0 Å². The van der Waals surface area contributed by atoms with E-state index in [9.17, 15) is 0 Å². The van der Waals surface area contributed by atoms with Crippen molar-refractivity contribution in [3.63, 3.8) is 0 Å². The molecule has 0 aliphatic carbocycles. The number of hydrogen-bond acceptors (Lipinski definition) is 2. The van der Waals surface area contributed by atoms with Crippen LogP contribution in [0.5, 0.6) is 0 Å². The van der Waals surface area contributed by atoms with Crippen molar-refractivity contribution in [2.45, 2.75) is 26.9 Å². The Bertz CT molecular complexity index is 172. The fourth-order valence-electron chi connectivity index (χ4n) is 0.385. The molecule has 0 aliphatic heterocycles. The van der Waals surface area contributed by atoms with Gasteiger partial charge >= 0.3 is 0 Å². The van der Waals surface area contributed by atoms with Gasteiger partial charge in [0.2, 0.25) is 0 Å². The second kappa shape index (κ2) is 13.3. The van der Waals surface area contributed by atoms with Gasteiger partial charge in [0, 0.05) is 13.0 Å². The Balaban J connectivity index is 0. The van der Waals surface area contributed by atoms with Crippen LogP contribution in [0.4, 0.5) is 0 Å². The fraction of sp³-hybridized carbons (Fsp3) is 0.364. The average Bonchev–Trinajstić information content (AvgIpc) is 2.08. The zero-order chi connectivity index (χ0) is 10.5. The minimum Gasteiger partial charge on any atom is -0.394 e. The van der Waals surface area contributed by atoms with Crippen molar-refractivity contribution < 1.29 is 5.11 Å². The molecular weight excluding hydrogens is 162 g/mol. The molecule has 1 aromatic rings. The summed E-state index contributed by atoms with van der Waals surface area (Å²) in [4.78, 5) is 0. The highest BCUT2D eigenvalue weighted by molar-refractivity contribution is 4.99. The molecule has 1 aromatic carbocycles. The molecule has 72 valence electrons. The van der Waals surface area contributed by atoms with E-state index >= 15 is 0 Å². The topological polar surface area (TPSA) is 44.0 Å². The molecular formula is C11H17NO. The third kappa shape index (κ3) is 36.8. The molecule has 0 atom stereocenters. The van der Waals surface area contributed by atoms with E-state index in [4.69, 9.17) is 10.4 Å². The largest absolute Gasteiger partial charge is 0.394 e. The van der Waals surface area contributed by atoms with Crippen LogP contribution in [0.1, 0.15) is 20.8 Å². The minimum absolute atomic E-state index is 0.167. The van der Waals surface area contributed by atoms with Crippen molar-refractivity contribution in [2.24, 2.45) is 0 Å². The number of rotatable bonds is 0. The van der Waals surface area contributed by atoms with Gasteiger partial charge in [0.05, 0.1) is 6.07 Å². The quantitative estimate of drug-likeness (QED) is 0.665. The van der Waals surface area contributed by atoms with Crippen molar-refractivity contribution in [1.29, 1.82) is 5.26 Å². The molecule has 0 saturated carbocycles. The maximum Gasteiger partial charge on any atom is 0.0587 e. The Morgan fingerprint density at radius 3 is 1.15 bits per heavy atom. The lowest BCUT2D eigenvalue weighted by molar-refractivity contribution is 0.216. The molecule has 0 unspecified atom stereocenters. The first-order valence-corrected chi connectivity index (χ1v) is 4.14. The zero-order valence-electron chi connectivity index (χ0n) is 8.44. The Morgan fingerprint density at radius 2 is 1.08 bits per heavy atom. The summed E-state index contributed by atoms with van der Waals surface area (Å²) in [6.45, 7) is 4.88. The summed E-state index contributed by atoms with van der Waals surface area (Å²) >= 11 is 0. The molecule has 0 bridgehead atoms. The first kappa shape index (κ1) is 14.2. The van der Waals surface area contributed by atoms with Crippen LogP contribution < -0.4 is 0 Å². The molecule has 13 heavy (non-hydrogen) atoms. The van der Waals surface area contributed by atoms with Gasteiger partial charge in [-0.25, -0.2) is 0 Å². The predicted octanol–water partition coefficient (Wildman–Crippen LogP) is 2.60. The van der Waals surface area contributed by atoms with Crippen LogP contribution in [0, 0.1) is 11.3 Å². The van der Waals surface area contributed by atoms with E-state index in [-0.39, 0.29) is 6.10 Å². The number of nitriles is 1. The molecule has 0 amide bonds. The van der Waals surface area contributed by atoms with E-state index in [2.05, 4.69) is 0 Å². The highest BCUT2D eigenvalue weighted by Gasteiger charge is 1.69. The Labute approximate surface area is 80.5 Å². The van der Waals surface area contributed by atoms with Crippen molar-refractivity contribution in [3.05, 3.63) is 36.4 Å². The summed E-state index contributed by atoms with van der Waals surface area (Å²) in [6.07, 6.45) is -0.167.